The zero-order chi connectivity index (χ0) is 25.3. The molecule has 0 saturated carbocycles. The molecule has 188 valence electrons. The van der Waals surface area contributed by atoms with Gasteiger partial charge >= 0.3 is 0 Å². The monoisotopic (exact) mass is 509 g/mol. The minimum Gasteiger partial charge on any atom is -0.496 e. The molecule has 0 aliphatic carbocycles. The third-order valence-corrected chi connectivity index (χ3v) is 9.07. The number of hydrogen-bond acceptors (Lipinski definition) is 7. The lowest BCUT2D eigenvalue weighted by Crippen LogP contribution is -2.37. The van der Waals surface area contributed by atoms with Gasteiger partial charge in [0.15, 0.2) is 15.5 Å². The van der Waals surface area contributed by atoms with E-state index in [4.69, 9.17) is 4.74 Å². The topological polar surface area (TPSA) is 88.8 Å². The van der Waals surface area contributed by atoms with Crippen LogP contribution in [0.5, 0.6) is 5.75 Å². The Morgan fingerprint density at radius 2 is 1.83 bits per heavy atom. The second-order valence-corrected chi connectivity index (χ2v) is 11.2. The van der Waals surface area contributed by atoms with Gasteiger partial charge in [-0.25, -0.2) is 12.8 Å². The molecule has 5 rings (SSSR count). The van der Waals surface area contributed by atoms with Gasteiger partial charge in [0.05, 0.1) is 17.3 Å². The largest absolute Gasteiger partial charge is 0.496 e. The van der Waals surface area contributed by atoms with Crippen molar-refractivity contribution in [3.63, 3.8) is 0 Å². The minimum atomic E-state index is -3.38. The van der Waals surface area contributed by atoms with Crippen LogP contribution in [0, 0.1) is 5.82 Å². The van der Waals surface area contributed by atoms with Crippen LogP contribution in [0.4, 0.5) is 10.2 Å². The summed E-state index contributed by atoms with van der Waals surface area (Å²) in [6, 6.07) is 15.4. The SMILES string of the molecule is COc1cccc(F)c1CNc1ccc(-c2ccc(S(=O)(=O)C3CCN(C)CC3)cc2)c2nncn12. The summed E-state index contributed by atoms with van der Waals surface area (Å²) in [4.78, 5) is 2.50. The fourth-order valence-electron chi connectivity index (χ4n) is 4.67. The number of piperidine rings is 1. The average Bonchev–Trinajstić information content (AvgIpc) is 3.38. The zero-order valence-electron chi connectivity index (χ0n) is 20.2. The molecule has 2 aromatic heterocycles. The number of fused-ring (bicyclic) bond motifs is 1. The molecule has 10 heteroatoms. The van der Waals surface area contributed by atoms with Gasteiger partial charge in [-0.3, -0.25) is 4.40 Å². The van der Waals surface area contributed by atoms with Gasteiger partial charge in [-0.1, -0.05) is 18.2 Å². The highest BCUT2D eigenvalue weighted by Crippen LogP contribution is 2.30. The fourth-order valence-corrected chi connectivity index (χ4v) is 6.41. The number of anilines is 1. The number of hydrogen-bond donors (Lipinski definition) is 1. The Kier molecular flexibility index (Phi) is 6.63. The number of nitrogens with zero attached hydrogens (tertiary/aromatic N) is 4. The number of benzene rings is 2. The Morgan fingerprint density at radius 3 is 2.56 bits per heavy atom. The van der Waals surface area contributed by atoms with Gasteiger partial charge in [0.1, 0.15) is 23.7 Å². The van der Waals surface area contributed by atoms with Crippen molar-refractivity contribution >= 4 is 21.3 Å². The molecule has 1 aliphatic rings. The predicted octanol–water partition coefficient (Wildman–Crippen LogP) is 4.02. The summed E-state index contributed by atoms with van der Waals surface area (Å²) in [6.45, 7) is 1.79. The first-order valence-corrected chi connectivity index (χ1v) is 13.3. The average molecular weight is 510 g/mol. The van der Waals surface area contributed by atoms with Crippen molar-refractivity contribution in [2.24, 2.45) is 0 Å². The van der Waals surface area contributed by atoms with Crippen molar-refractivity contribution in [1.29, 1.82) is 0 Å². The van der Waals surface area contributed by atoms with Gasteiger partial charge < -0.3 is 15.0 Å². The lowest BCUT2D eigenvalue weighted by Gasteiger charge is -2.28. The minimum absolute atomic E-state index is 0.214. The van der Waals surface area contributed by atoms with Crippen LogP contribution < -0.4 is 10.1 Å². The van der Waals surface area contributed by atoms with Crippen LogP contribution in [-0.2, 0) is 16.4 Å². The molecule has 1 aliphatic heterocycles. The van der Waals surface area contributed by atoms with Crippen LogP contribution in [0.1, 0.15) is 18.4 Å². The smallest absolute Gasteiger partial charge is 0.181 e. The molecule has 3 heterocycles. The van der Waals surface area contributed by atoms with Crippen molar-refractivity contribution in [2.75, 3.05) is 32.6 Å². The third-order valence-electron chi connectivity index (χ3n) is 6.80. The van der Waals surface area contributed by atoms with Gasteiger partial charge in [-0.05, 0) is 74.9 Å². The number of ether oxygens (including phenoxy) is 1. The molecule has 1 saturated heterocycles. The van der Waals surface area contributed by atoms with Gasteiger partial charge in [0.2, 0.25) is 0 Å². The summed E-state index contributed by atoms with van der Waals surface area (Å²) < 4.78 is 47.7. The number of likely N-dealkylation sites (tertiary alicyclic amines) is 1. The Labute approximate surface area is 209 Å². The standard InChI is InChI=1S/C26H28FN5O3S/c1-31-14-12-20(13-15-31)36(33,34)19-8-6-18(7-9-19)21-10-11-25(32-17-29-30-26(21)32)28-16-22-23(27)4-3-5-24(22)35-2/h3-11,17,20,28H,12-16H2,1-2H3. The molecule has 0 spiro atoms. The van der Waals surface area contributed by atoms with E-state index in [1.54, 1.807) is 35.0 Å². The number of rotatable bonds is 7. The lowest BCUT2D eigenvalue weighted by molar-refractivity contribution is 0.277. The summed E-state index contributed by atoms with van der Waals surface area (Å²) in [5.74, 6) is 0.800. The first-order valence-electron chi connectivity index (χ1n) is 11.8. The first-order chi connectivity index (χ1) is 17.4. The van der Waals surface area contributed by atoms with E-state index in [0.717, 1.165) is 24.2 Å². The highest BCUT2D eigenvalue weighted by atomic mass is 32.2. The lowest BCUT2D eigenvalue weighted by atomic mass is 10.1. The van der Waals surface area contributed by atoms with Gasteiger partial charge in [0, 0.05) is 17.7 Å². The molecule has 0 unspecified atom stereocenters. The fraction of sp³-hybridized carbons (Fsp3) is 0.308. The van der Waals surface area contributed by atoms with Crippen LogP contribution in [-0.4, -0.2) is 60.4 Å². The zero-order valence-corrected chi connectivity index (χ0v) is 21.0. The number of methoxy groups -OCH3 is 1. The van der Waals surface area contributed by atoms with E-state index in [2.05, 4.69) is 20.4 Å². The van der Waals surface area contributed by atoms with Crippen LogP contribution >= 0.6 is 0 Å². The third kappa shape index (κ3) is 4.54. The number of halogens is 1. The van der Waals surface area contributed by atoms with Crippen molar-refractivity contribution < 1.29 is 17.5 Å². The molecular weight excluding hydrogens is 481 g/mol. The highest BCUT2D eigenvalue weighted by Gasteiger charge is 2.30. The Balaban J connectivity index is 1.39. The van der Waals surface area contributed by atoms with Gasteiger partial charge in [-0.15, -0.1) is 10.2 Å². The summed E-state index contributed by atoms with van der Waals surface area (Å²) >= 11 is 0. The molecule has 1 N–H and O–H groups in total. The molecule has 4 aromatic rings. The maximum atomic E-state index is 14.3. The molecular formula is C26H28FN5O3S. The molecule has 0 radical (unpaired) electrons. The van der Waals surface area contributed by atoms with Crippen LogP contribution in [0.2, 0.25) is 0 Å². The van der Waals surface area contributed by atoms with Crippen LogP contribution in [0.25, 0.3) is 16.8 Å². The quantitative estimate of drug-likeness (QED) is 0.403. The van der Waals surface area contributed by atoms with Crippen LogP contribution in [0.3, 0.4) is 0 Å². The Hall–Kier alpha value is -3.50. The summed E-state index contributed by atoms with van der Waals surface area (Å²) in [5, 5.41) is 11.2. The summed E-state index contributed by atoms with van der Waals surface area (Å²) in [6.07, 6.45) is 2.88. The molecule has 8 nitrogen and oxygen atoms in total. The molecule has 0 atom stereocenters. The highest BCUT2D eigenvalue weighted by molar-refractivity contribution is 7.92. The van der Waals surface area contributed by atoms with Crippen molar-refractivity contribution in [1.82, 2.24) is 19.5 Å². The van der Waals surface area contributed by atoms with E-state index in [-0.39, 0.29) is 17.6 Å². The van der Waals surface area contributed by atoms with Crippen molar-refractivity contribution in [3.05, 3.63) is 72.3 Å². The number of aromatic nitrogens is 3. The van der Waals surface area contributed by atoms with E-state index in [0.29, 0.717) is 40.5 Å². The maximum absolute atomic E-state index is 14.3. The van der Waals surface area contributed by atoms with E-state index < -0.39 is 9.84 Å². The molecule has 0 bridgehead atoms. The van der Waals surface area contributed by atoms with E-state index in [1.165, 1.54) is 13.2 Å². The maximum Gasteiger partial charge on any atom is 0.181 e. The van der Waals surface area contributed by atoms with Crippen LogP contribution in [0.15, 0.2) is 65.8 Å². The second-order valence-electron chi connectivity index (χ2n) is 9.00. The predicted molar refractivity (Wildman–Crippen MR) is 136 cm³/mol. The number of pyridine rings is 1. The molecule has 0 amide bonds. The van der Waals surface area contributed by atoms with Crippen molar-refractivity contribution in [3.8, 4) is 16.9 Å². The van der Waals surface area contributed by atoms with Crippen molar-refractivity contribution in [2.45, 2.75) is 29.5 Å². The Bertz CT molecular complexity index is 1480. The summed E-state index contributed by atoms with van der Waals surface area (Å²) in [7, 11) is 0.147. The number of nitrogens with one attached hydrogen (secondary N) is 1. The number of sulfone groups is 1. The first kappa shape index (κ1) is 24.2. The van der Waals surface area contributed by atoms with E-state index in [9.17, 15) is 12.8 Å². The van der Waals surface area contributed by atoms with Gasteiger partial charge in [-0.2, -0.15) is 0 Å². The Morgan fingerprint density at radius 1 is 1.08 bits per heavy atom. The summed E-state index contributed by atoms with van der Waals surface area (Å²) in [5.41, 5.74) is 2.67. The molecule has 2 aromatic carbocycles. The molecule has 36 heavy (non-hydrogen) atoms. The van der Waals surface area contributed by atoms with E-state index in [1.807, 2.05) is 31.3 Å². The second kappa shape index (κ2) is 9.87. The van der Waals surface area contributed by atoms with E-state index >= 15 is 0 Å². The van der Waals surface area contributed by atoms with Gasteiger partial charge in [0.25, 0.3) is 0 Å². The normalized spacial score (nSPS) is 15.3. The molecule has 1 fully saturated rings.